The molecule has 0 unspecified atom stereocenters. The second kappa shape index (κ2) is 8.51. The molecule has 7 heteroatoms. The molecule has 0 amide bonds. The third-order valence-electron chi connectivity index (χ3n) is 3.73. The fourth-order valence-electron chi connectivity index (χ4n) is 2.12. The van der Waals surface area contributed by atoms with Gasteiger partial charge in [0.05, 0.1) is 17.6 Å². The van der Waals surface area contributed by atoms with E-state index in [-0.39, 0.29) is 4.90 Å². The van der Waals surface area contributed by atoms with Crippen LogP contribution in [0.5, 0.6) is 0 Å². The molecule has 0 aromatic heterocycles. The van der Waals surface area contributed by atoms with E-state index in [0.29, 0.717) is 17.9 Å². The van der Waals surface area contributed by atoms with E-state index in [1.807, 2.05) is 6.07 Å². The summed E-state index contributed by atoms with van der Waals surface area (Å²) in [6.07, 6.45) is 0. The Bertz CT molecular complexity index is 846. The number of carbonyl (C=O) groups is 1. The summed E-state index contributed by atoms with van der Waals surface area (Å²) >= 11 is 1.60. The molecule has 2 aromatic rings. The van der Waals surface area contributed by atoms with Crippen LogP contribution in [0.4, 0.5) is 0 Å². The van der Waals surface area contributed by atoms with Gasteiger partial charge in [0.1, 0.15) is 0 Å². The highest BCUT2D eigenvalue weighted by atomic mass is 32.2. The number of esters is 1. The number of aryl methyl sites for hydroxylation is 2. The van der Waals surface area contributed by atoms with E-state index in [1.165, 1.54) is 42.5 Å². The Kier molecular flexibility index (Phi) is 6.64. The van der Waals surface area contributed by atoms with E-state index < -0.39 is 16.0 Å². The Morgan fingerprint density at radius 2 is 1.76 bits per heavy atom. The van der Waals surface area contributed by atoms with Crippen LogP contribution in [0, 0.1) is 13.8 Å². The van der Waals surface area contributed by atoms with E-state index >= 15 is 0 Å². The van der Waals surface area contributed by atoms with Crippen molar-refractivity contribution in [2.45, 2.75) is 23.6 Å². The van der Waals surface area contributed by atoms with E-state index in [9.17, 15) is 13.2 Å². The lowest BCUT2D eigenvalue weighted by atomic mass is 10.1. The van der Waals surface area contributed by atoms with Crippen molar-refractivity contribution in [2.24, 2.45) is 0 Å². The molecule has 0 aliphatic heterocycles. The summed E-state index contributed by atoms with van der Waals surface area (Å²) in [6, 6.07) is 11.8. The van der Waals surface area contributed by atoms with Crippen molar-refractivity contribution in [2.75, 3.05) is 19.4 Å². The molecule has 2 rings (SSSR count). The zero-order valence-corrected chi connectivity index (χ0v) is 16.0. The molecule has 134 valence electrons. The summed E-state index contributed by atoms with van der Waals surface area (Å²) in [6.45, 7) is 4.43. The van der Waals surface area contributed by atoms with Crippen LogP contribution in [-0.2, 0) is 14.8 Å². The number of rotatable bonds is 7. The number of hydrogen-bond acceptors (Lipinski definition) is 5. The van der Waals surface area contributed by atoms with Crippen molar-refractivity contribution in [3.8, 4) is 0 Å². The van der Waals surface area contributed by atoms with Crippen LogP contribution in [0.3, 0.4) is 0 Å². The van der Waals surface area contributed by atoms with E-state index in [4.69, 9.17) is 0 Å². The lowest BCUT2D eigenvalue weighted by Gasteiger charge is -2.08. The number of nitrogens with one attached hydrogen (secondary N) is 1. The van der Waals surface area contributed by atoms with Gasteiger partial charge in [-0.2, -0.15) is 0 Å². The number of methoxy groups -OCH3 is 1. The molecule has 0 heterocycles. The number of ether oxygens (including phenoxy) is 1. The maximum Gasteiger partial charge on any atom is 0.337 e. The summed E-state index contributed by atoms with van der Waals surface area (Å²) in [7, 11) is -2.31. The zero-order chi connectivity index (χ0) is 18.4. The predicted octanol–water partition coefficient (Wildman–Crippen LogP) is 3.16. The lowest BCUT2D eigenvalue weighted by molar-refractivity contribution is 0.0600. The Morgan fingerprint density at radius 3 is 2.36 bits per heavy atom. The van der Waals surface area contributed by atoms with Crippen molar-refractivity contribution >= 4 is 27.8 Å². The maximum atomic E-state index is 12.3. The van der Waals surface area contributed by atoms with Gasteiger partial charge in [-0.05, 0) is 61.4 Å². The van der Waals surface area contributed by atoms with Crippen molar-refractivity contribution < 1.29 is 17.9 Å². The second-order valence-corrected chi connectivity index (χ2v) is 8.44. The fraction of sp³-hybridized carbons (Fsp3) is 0.278. The predicted molar refractivity (Wildman–Crippen MR) is 99.6 cm³/mol. The molecule has 0 fully saturated rings. The first-order valence-electron chi connectivity index (χ1n) is 7.71. The molecule has 0 aliphatic carbocycles. The van der Waals surface area contributed by atoms with Crippen molar-refractivity contribution in [3.05, 3.63) is 59.2 Å². The van der Waals surface area contributed by atoms with Crippen molar-refractivity contribution in [3.63, 3.8) is 0 Å². The van der Waals surface area contributed by atoms with Crippen LogP contribution in [0.1, 0.15) is 21.5 Å². The number of hydrogen-bond donors (Lipinski definition) is 1. The van der Waals surface area contributed by atoms with Gasteiger partial charge in [0.2, 0.25) is 10.0 Å². The third-order valence-corrected chi connectivity index (χ3v) is 6.20. The molecule has 25 heavy (non-hydrogen) atoms. The molecule has 0 bridgehead atoms. The van der Waals surface area contributed by atoms with Crippen LogP contribution in [0.2, 0.25) is 0 Å². The van der Waals surface area contributed by atoms with E-state index in [2.05, 4.69) is 35.4 Å². The monoisotopic (exact) mass is 379 g/mol. The Hall–Kier alpha value is -1.83. The first kappa shape index (κ1) is 19.5. The first-order chi connectivity index (χ1) is 11.8. The maximum absolute atomic E-state index is 12.3. The average Bonchev–Trinajstić information content (AvgIpc) is 2.61. The van der Waals surface area contributed by atoms with Crippen LogP contribution < -0.4 is 4.72 Å². The van der Waals surface area contributed by atoms with Crippen molar-refractivity contribution in [1.82, 2.24) is 4.72 Å². The standard InChI is InChI=1S/C18H21NO4S2/c1-13-4-7-16(12-14(13)2)24-11-10-19-25(21,22)17-8-5-15(6-9-17)18(20)23-3/h4-9,12,19H,10-11H2,1-3H3. The van der Waals surface area contributed by atoms with E-state index in [0.717, 1.165) is 4.90 Å². The number of carbonyl (C=O) groups excluding carboxylic acids is 1. The third kappa shape index (κ3) is 5.32. The Labute approximate surface area is 152 Å². The molecular weight excluding hydrogens is 358 g/mol. The first-order valence-corrected chi connectivity index (χ1v) is 10.2. The highest BCUT2D eigenvalue weighted by molar-refractivity contribution is 7.99. The van der Waals surface area contributed by atoms with E-state index in [1.54, 1.807) is 11.8 Å². The molecule has 0 saturated heterocycles. The smallest absolute Gasteiger partial charge is 0.337 e. The van der Waals surface area contributed by atoms with Gasteiger partial charge in [-0.3, -0.25) is 0 Å². The summed E-state index contributed by atoms with van der Waals surface area (Å²) < 4.78 is 31.7. The molecule has 0 spiro atoms. The van der Waals surface area contributed by atoms with Crippen molar-refractivity contribution in [1.29, 1.82) is 0 Å². The molecule has 5 nitrogen and oxygen atoms in total. The van der Waals surface area contributed by atoms with Gasteiger partial charge < -0.3 is 4.74 Å². The molecule has 1 N–H and O–H groups in total. The zero-order valence-electron chi connectivity index (χ0n) is 14.4. The summed E-state index contributed by atoms with van der Waals surface area (Å²) in [5.41, 5.74) is 2.77. The van der Waals surface area contributed by atoms with Gasteiger partial charge in [0.15, 0.2) is 0 Å². The Morgan fingerprint density at radius 1 is 1.08 bits per heavy atom. The highest BCUT2D eigenvalue weighted by Gasteiger charge is 2.14. The van der Waals surface area contributed by atoms with Gasteiger partial charge in [-0.25, -0.2) is 17.9 Å². The van der Waals surface area contributed by atoms with Crippen LogP contribution >= 0.6 is 11.8 Å². The second-order valence-electron chi connectivity index (χ2n) is 5.51. The fourth-order valence-corrected chi connectivity index (χ4v) is 4.15. The number of benzene rings is 2. The lowest BCUT2D eigenvalue weighted by Crippen LogP contribution is -2.26. The molecular formula is C18H21NO4S2. The highest BCUT2D eigenvalue weighted by Crippen LogP contribution is 2.20. The normalized spacial score (nSPS) is 11.3. The number of thioether (sulfide) groups is 1. The van der Waals surface area contributed by atoms with Gasteiger partial charge in [-0.15, -0.1) is 11.8 Å². The Balaban J connectivity index is 1.90. The van der Waals surface area contributed by atoms with Gasteiger partial charge in [0, 0.05) is 17.2 Å². The number of sulfonamides is 1. The van der Waals surface area contributed by atoms with Gasteiger partial charge >= 0.3 is 5.97 Å². The minimum atomic E-state index is -3.59. The molecule has 0 radical (unpaired) electrons. The minimum Gasteiger partial charge on any atom is -0.465 e. The molecule has 0 atom stereocenters. The summed E-state index contributed by atoms with van der Waals surface area (Å²) in [5, 5.41) is 0. The molecule has 2 aromatic carbocycles. The minimum absolute atomic E-state index is 0.122. The quantitative estimate of drug-likeness (QED) is 0.454. The topological polar surface area (TPSA) is 72.5 Å². The SMILES string of the molecule is COC(=O)c1ccc(S(=O)(=O)NCCSc2ccc(C)c(C)c2)cc1. The summed E-state index contributed by atoms with van der Waals surface area (Å²) in [4.78, 5) is 12.6. The van der Waals surface area contributed by atoms with Gasteiger partial charge in [-0.1, -0.05) is 6.07 Å². The van der Waals surface area contributed by atoms with Crippen LogP contribution in [0.15, 0.2) is 52.3 Å². The largest absolute Gasteiger partial charge is 0.465 e. The molecule has 0 saturated carbocycles. The summed E-state index contributed by atoms with van der Waals surface area (Å²) in [5.74, 6) is 0.129. The van der Waals surface area contributed by atoms with Gasteiger partial charge in [0.25, 0.3) is 0 Å². The average molecular weight is 380 g/mol. The van der Waals surface area contributed by atoms with Crippen LogP contribution in [0.25, 0.3) is 0 Å². The molecule has 0 aliphatic rings. The van der Waals surface area contributed by atoms with Crippen LogP contribution in [-0.4, -0.2) is 33.8 Å².